The first kappa shape index (κ1) is 21.2. The topological polar surface area (TPSA) is 82.5 Å². The number of nitrogens with zero attached hydrogens (tertiary/aromatic N) is 6. The zero-order valence-electron chi connectivity index (χ0n) is 17.5. The van der Waals surface area contributed by atoms with Gasteiger partial charge in [-0.2, -0.15) is 0 Å². The van der Waals surface area contributed by atoms with Gasteiger partial charge in [-0.15, -0.1) is 11.3 Å². The Hall–Kier alpha value is -2.55. The summed E-state index contributed by atoms with van der Waals surface area (Å²) in [5, 5.41) is 2.90. The van der Waals surface area contributed by atoms with Crippen LogP contribution in [0.4, 0.5) is 5.82 Å². The molecule has 0 radical (unpaired) electrons. The molecule has 2 aromatic heterocycles. The van der Waals surface area contributed by atoms with Gasteiger partial charge in [0.05, 0.1) is 17.1 Å². The van der Waals surface area contributed by atoms with E-state index >= 15 is 0 Å². The fourth-order valence-corrected chi connectivity index (χ4v) is 4.15. The lowest BCUT2D eigenvalue weighted by Crippen LogP contribution is -2.37. The van der Waals surface area contributed by atoms with E-state index in [1.54, 1.807) is 24.6 Å². The highest BCUT2D eigenvalue weighted by molar-refractivity contribution is 7.09. The number of carbonyl (C=O) groups excluding carboxylic acids is 2. The van der Waals surface area contributed by atoms with Crippen LogP contribution in [0, 0.1) is 12.8 Å². The monoisotopic (exact) mass is 416 g/mol. The van der Waals surface area contributed by atoms with E-state index in [0.717, 1.165) is 22.2 Å². The molecule has 3 heterocycles. The van der Waals surface area contributed by atoms with Gasteiger partial charge in [-0.05, 0) is 19.3 Å². The highest BCUT2D eigenvalue weighted by Crippen LogP contribution is 2.18. The third-order valence-electron chi connectivity index (χ3n) is 5.06. The van der Waals surface area contributed by atoms with E-state index in [1.807, 2.05) is 47.2 Å². The van der Waals surface area contributed by atoms with Crippen molar-refractivity contribution in [1.82, 2.24) is 24.8 Å². The molecule has 9 heteroatoms. The Morgan fingerprint density at radius 3 is 2.55 bits per heavy atom. The zero-order valence-corrected chi connectivity index (χ0v) is 18.3. The normalized spacial score (nSPS) is 17.2. The second-order valence-corrected chi connectivity index (χ2v) is 8.73. The maximum atomic E-state index is 12.9. The van der Waals surface area contributed by atoms with Crippen molar-refractivity contribution in [3.8, 4) is 0 Å². The van der Waals surface area contributed by atoms with Gasteiger partial charge in [0.2, 0.25) is 11.8 Å². The molecule has 0 bridgehead atoms. The lowest BCUT2D eigenvalue weighted by Gasteiger charge is -2.24. The minimum Gasteiger partial charge on any atom is -0.363 e. The van der Waals surface area contributed by atoms with Gasteiger partial charge in [0.15, 0.2) is 0 Å². The summed E-state index contributed by atoms with van der Waals surface area (Å²) in [7, 11) is 3.88. The van der Waals surface area contributed by atoms with Crippen molar-refractivity contribution in [2.24, 2.45) is 5.92 Å². The number of hydrogen-bond acceptors (Lipinski definition) is 7. The van der Waals surface area contributed by atoms with Crippen LogP contribution in [0.2, 0.25) is 0 Å². The molecule has 156 valence electrons. The van der Waals surface area contributed by atoms with E-state index in [4.69, 9.17) is 0 Å². The molecule has 2 amide bonds. The molecule has 1 aliphatic heterocycles. The van der Waals surface area contributed by atoms with Crippen molar-refractivity contribution < 1.29 is 9.59 Å². The number of carbonyl (C=O) groups is 2. The quantitative estimate of drug-likeness (QED) is 0.733. The summed E-state index contributed by atoms with van der Waals surface area (Å²) in [6.07, 6.45) is 2.56. The maximum Gasteiger partial charge on any atom is 0.228 e. The molecule has 1 atom stereocenters. The smallest absolute Gasteiger partial charge is 0.228 e. The van der Waals surface area contributed by atoms with E-state index in [1.165, 1.54) is 0 Å². The van der Waals surface area contributed by atoms with Gasteiger partial charge in [-0.1, -0.05) is 0 Å². The average molecular weight is 417 g/mol. The number of anilines is 1. The van der Waals surface area contributed by atoms with Crippen LogP contribution in [0.15, 0.2) is 17.8 Å². The summed E-state index contributed by atoms with van der Waals surface area (Å²) in [5.41, 5.74) is 1.73. The molecule has 0 N–H and O–H groups in total. The van der Waals surface area contributed by atoms with Crippen molar-refractivity contribution in [2.75, 3.05) is 45.2 Å². The van der Waals surface area contributed by atoms with E-state index < -0.39 is 0 Å². The molecule has 1 saturated heterocycles. The highest BCUT2D eigenvalue weighted by atomic mass is 32.1. The van der Waals surface area contributed by atoms with Crippen molar-refractivity contribution in [3.05, 3.63) is 34.2 Å². The number of hydrogen-bond donors (Lipinski definition) is 0. The van der Waals surface area contributed by atoms with Gasteiger partial charge in [-0.25, -0.2) is 15.0 Å². The molecular formula is C20H28N6O2S. The Labute approximate surface area is 175 Å². The molecule has 1 fully saturated rings. The Morgan fingerprint density at radius 2 is 1.90 bits per heavy atom. The summed E-state index contributed by atoms with van der Waals surface area (Å²) in [5.74, 6) is 1.06. The lowest BCUT2D eigenvalue weighted by molar-refractivity contribution is -0.132. The van der Waals surface area contributed by atoms with Crippen LogP contribution >= 0.6 is 11.3 Å². The number of thiazole rings is 1. The number of amides is 2. The average Bonchev–Trinajstić information content (AvgIpc) is 2.95. The fraction of sp³-hybridized carbons (Fsp3) is 0.550. The number of aryl methyl sites for hydroxylation is 1. The largest absolute Gasteiger partial charge is 0.363 e. The van der Waals surface area contributed by atoms with Gasteiger partial charge in [0, 0.05) is 64.3 Å². The molecule has 29 heavy (non-hydrogen) atoms. The van der Waals surface area contributed by atoms with Gasteiger partial charge in [-0.3, -0.25) is 9.59 Å². The summed E-state index contributed by atoms with van der Waals surface area (Å²) < 4.78 is 0. The maximum absolute atomic E-state index is 12.9. The third kappa shape index (κ3) is 5.72. The molecule has 1 unspecified atom stereocenters. The van der Waals surface area contributed by atoms with E-state index in [2.05, 4.69) is 15.0 Å². The first-order valence-corrected chi connectivity index (χ1v) is 10.6. The van der Waals surface area contributed by atoms with E-state index in [-0.39, 0.29) is 17.7 Å². The summed E-state index contributed by atoms with van der Waals surface area (Å²) in [4.78, 5) is 43.7. The van der Waals surface area contributed by atoms with Crippen molar-refractivity contribution >= 4 is 29.0 Å². The van der Waals surface area contributed by atoms with Crippen LogP contribution in [-0.4, -0.2) is 76.8 Å². The van der Waals surface area contributed by atoms with Crippen LogP contribution < -0.4 is 4.90 Å². The lowest BCUT2D eigenvalue weighted by atomic mass is 10.0. The predicted octanol–water partition coefficient (Wildman–Crippen LogP) is 1.40. The minimum absolute atomic E-state index is 0.0380. The van der Waals surface area contributed by atoms with Gasteiger partial charge in [0.25, 0.3) is 0 Å². The molecule has 0 spiro atoms. The fourth-order valence-electron chi connectivity index (χ4n) is 3.54. The molecule has 0 aromatic carbocycles. The Balaban J connectivity index is 1.74. The summed E-state index contributed by atoms with van der Waals surface area (Å²) in [6, 6.07) is 1.97. The summed E-state index contributed by atoms with van der Waals surface area (Å²) >= 11 is 1.55. The predicted molar refractivity (Wildman–Crippen MR) is 113 cm³/mol. The van der Waals surface area contributed by atoms with Gasteiger partial charge in [0.1, 0.15) is 12.1 Å². The molecule has 0 aliphatic carbocycles. The van der Waals surface area contributed by atoms with Gasteiger partial charge >= 0.3 is 0 Å². The van der Waals surface area contributed by atoms with Crippen LogP contribution in [-0.2, 0) is 22.4 Å². The van der Waals surface area contributed by atoms with Crippen molar-refractivity contribution in [1.29, 1.82) is 0 Å². The SMILES string of the molecule is CC(=O)N1CCN(C(=O)Cc2csc(C)n2)CC(Cc2cc(N(C)C)ncn2)C1. The standard InChI is InChI=1S/C20H28N6O2S/c1-14-23-18(12-29-14)9-20(28)26-6-5-25(15(2)27)10-16(11-26)7-17-8-19(24(3)4)22-13-21-17/h8,12-13,16H,5-7,9-11H2,1-4H3. The summed E-state index contributed by atoms with van der Waals surface area (Å²) in [6.45, 7) is 5.85. The van der Waals surface area contributed by atoms with Crippen LogP contribution in [0.3, 0.4) is 0 Å². The number of aromatic nitrogens is 3. The van der Waals surface area contributed by atoms with Crippen molar-refractivity contribution in [2.45, 2.75) is 26.7 Å². The van der Waals surface area contributed by atoms with Gasteiger partial charge < -0.3 is 14.7 Å². The van der Waals surface area contributed by atoms with Crippen LogP contribution in [0.25, 0.3) is 0 Å². The molecule has 0 saturated carbocycles. The Morgan fingerprint density at radius 1 is 1.17 bits per heavy atom. The second-order valence-electron chi connectivity index (χ2n) is 7.67. The Kier molecular flexibility index (Phi) is 6.79. The highest BCUT2D eigenvalue weighted by Gasteiger charge is 2.27. The second kappa shape index (κ2) is 9.30. The minimum atomic E-state index is 0.0380. The Bertz CT molecular complexity index is 868. The van der Waals surface area contributed by atoms with E-state index in [9.17, 15) is 9.59 Å². The van der Waals surface area contributed by atoms with Crippen molar-refractivity contribution in [3.63, 3.8) is 0 Å². The third-order valence-corrected chi connectivity index (χ3v) is 5.88. The number of rotatable bonds is 5. The van der Waals surface area contributed by atoms with E-state index in [0.29, 0.717) is 39.0 Å². The molecule has 8 nitrogen and oxygen atoms in total. The first-order valence-electron chi connectivity index (χ1n) is 9.74. The van der Waals surface area contributed by atoms with Crippen LogP contribution in [0.1, 0.15) is 23.3 Å². The zero-order chi connectivity index (χ0) is 21.0. The first-order chi connectivity index (χ1) is 13.8. The molecule has 1 aliphatic rings. The molecule has 3 rings (SSSR count). The molecular weight excluding hydrogens is 388 g/mol. The van der Waals surface area contributed by atoms with Crippen LogP contribution in [0.5, 0.6) is 0 Å². The molecule has 2 aromatic rings.